The van der Waals surface area contributed by atoms with Gasteiger partial charge in [0.15, 0.2) is 5.84 Å². The number of halogens is 1. The zero-order chi connectivity index (χ0) is 24.0. The second-order valence-corrected chi connectivity index (χ2v) is 9.01. The van der Waals surface area contributed by atoms with Crippen LogP contribution in [-0.4, -0.2) is 31.5 Å². The maximum absolute atomic E-state index is 14.2. The van der Waals surface area contributed by atoms with Crippen LogP contribution in [0.2, 0.25) is 0 Å². The lowest BCUT2D eigenvalue weighted by Gasteiger charge is -2.20. The number of thioether (sulfide) groups is 1. The molecule has 0 aliphatic carbocycles. The number of carbonyl (C=O) groups excluding carboxylic acids is 1. The standard InChI is InChI=1S/C26H22FN5OS/c1-4-17-9-5-8-12-22(17)31-15(2)13-18(16(31)3)14-20-23(28)32-26(29-24(20)33)34-25(30-32)19-10-6-7-11-21(19)27/h5-14,28H,4H2,1-3H3/b20-14-,28-23?. The number of hydrogen-bond donors (Lipinski definition) is 1. The highest BCUT2D eigenvalue weighted by molar-refractivity contribution is 8.27. The van der Waals surface area contributed by atoms with E-state index in [2.05, 4.69) is 33.7 Å². The van der Waals surface area contributed by atoms with Crippen molar-refractivity contribution in [3.8, 4) is 5.69 Å². The van der Waals surface area contributed by atoms with E-state index in [0.717, 1.165) is 40.8 Å². The number of para-hydroxylation sites is 1. The van der Waals surface area contributed by atoms with Crippen LogP contribution in [0.25, 0.3) is 11.8 Å². The summed E-state index contributed by atoms with van der Waals surface area (Å²) in [4.78, 5) is 17.0. The molecule has 0 spiro atoms. The molecule has 1 aromatic heterocycles. The quantitative estimate of drug-likeness (QED) is 0.513. The van der Waals surface area contributed by atoms with Gasteiger partial charge in [-0.15, -0.1) is 0 Å². The minimum Gasteiger partial charge on any atom is -0.318 e. The van der Waals surface area contributed by atoms with E-state index in [4.69, 9.17) is 5.41 Å². The van der Waals surface area contributed by atoms with E-state index in [9.17, 15) is 9.18 Å². The molecule has 8 heteroatoms. The van der Waals surface area contributed by atoms with Gasteiger partial charge < -0.3 is 4.57 Å². The Bertz CT molecular complexity index is 1450. The SMILES string of the molecule is CCc1ccccc1-n1c(C)cc(/C=C2/C(=N)N3N=C(c4ccccc4F)SC3=NC2=O)c1C. The zero-order valence-electron chi connectivity index (χ0n) is 19.0. The summed E-state index contributed by atoms with van der Waals surface area (Å²) in [5, 5.41) is 15.0. The summed E-state index contributed by atoms with van der Waals surface area (Å²) >= 11 is 1.08. The predicted octanol–water partition coefficient (Wildman–Crippen LogP) is 5.46. The third kappa shape index (κ3) is 3.60. The number of aryl methyl sites for hydroxylation is 2. The topological polar surface area (TPSA) is 73.8 Å². The van der Waals surface area contributed by atoms with Crippen molar-refractivity contribution in [2.75, 3.05) is 0 Å². The van der Waals surface area contributed by atoms with Crippen LogP contribution in [0, 0.1) is 25.1 Å². The molecule has 5 rings (SSSR count). The van der Waals surface area contributed by atoms with Gasteiger partial charge in [0, 0.05) is 22.6 Å². The molecule has 0 fully saturated rings. The van der Waals surface area contributed by atoms with E-state index in [0.29, 0.717) is 10.6 Å². The number of fused-ring (bicyclic) bond motifs is 1. The molecule has 1 amide bonds. The van der Waals surface area contributed by atoms with Gasteiger partial charge in [-0.25, -0.2) is 4.39 Å². The van der Waals surface area contributed by atoms with Crippen molar-refractivity contribution in [1.29, 1.82) is 5.41 Å². The molecule has 0 saturated carbocycles. The van der Waals surface area contributed by atoms with Gasteiger partial charge in [-0.05, 0) is 73.5 Å². The summed E-state index contributed by atoms with van der Waals surface area (Å²) in [5.41, 5.74) is 5.61. The normalized spacial score (nSPS) is 16.7. The number of aliphatic imine (C=N–C) groups is 1. The fraction of sp³-hybridized carbons (Fsp3) is 0.154. The molecule has 170 valence electrons. The van der Waals surface area contributed by atoms with Crippen LogP contribution in [0.4, 0.5) is 4.39 Å². The van der Waals surface area contributed by atoms with Gasteiger partial charge >= 0.3 is 0 Å². The lowest BCUT2D eigenvalue weighted by atomic mass is 10.1. The fourth-order valence-corrected chi connectivity index (χ4v) is 5.14. The van der Waals surface area contributed by atoms with Crippen LogP contribution in [-0.2, 0) is 11.2 Å². The number of hydrazone groups is 1. The van der Waals surface area contributed by atoms with Gasteiger partial charge in [0.05, 0.1) is 5.57 Å². The monoisotopic (exact) mass is 471 g/mol. The fourth-order valence-electron chi connectivity index (χ4n) is 4.22. The lowest BCUT2D eigenvalue weighted by Crippen LogP contribution is -2.35. The molecular formula is C26H22FN5OS. The molecule has 0 unspecified atom stereocenters. The molecule has 2 aromatic carbocycles. The molecule has 0 atom stereocenters. The van der Waals surface area contributed by atoms with Crippen LogP contribution < -0.4 is 0 Å². The summed E-state index contributed by atoms with van der Waals surface area (Å²) in [5.74, 6) is -0.997. The van der Waals surface area contributed by atoms with Crippen molar-refractivity contribution in [3.05, 3.63) is 94.1 Å². The van der Waals surface area contributed by atoms with Gasteiger partial charge in [-0.2, -0.15) is 15.1 Å². The molecule has 2 aliphatic rings. The van der Waals surface area contributed by atoms with Gasteiger partial charge in [0.25, 0.3) is 5.91 Å². The van der Waals surface area contributed by atoms with Crippen LogP contribution in [0.15, 0.2) is 70.3 Å². The first-order chi connectivity index (χ1) is 16.4. The number of nitrogens with one attached hydrogen (secondary N) is 1. The third-order valence-electron chi connectivity index (χ3n) is 5.94. The Balaban J connectivity index is 1.53. The molecular weight excluding hydrogens is 449 g/mol. The Kier molecular flexibility index (Phi) is 5.53. The van der Waals surface area contributed by atoms with Crippen molar-refractivity contribution in [2.24, 2.45) is 10.1 Å². The van der Waals surface area contributed by atoms with Crippen molar-refractivity contribution in [3.63, 3.8) is 0 Å². The summed E-state index contributed by atoms with van der Waals surface area (Å²) in [7, 11) is 0. The molecule has 0 radical (unpaired) electrons. The Morgan fingerprint density at radius 3 is 2.62 bits per heavy atom. The van der Waals surface area contributed by atoms with Gasteiger partial charge in [0.1, 0.15) is 10.9 Å². The highest BCUT2D eigenvalue weighted by Gasteiger charge is 2.36. The minimum atomic E-state index is -0.507. The minimum absolute atomic E-state index is 0.0763. The van der Waals surface area contributed by atoms with Crippen LogP contribution in [0.3, 0.4) is 0 Å². The molecule has 1 N–H and O–H groups in total. The van der Waals surface area contributed by atoms with Crippen molar-refractivity contribution < 1.29 is 9.18 Å². The average molecular weight is 472 g/mol. The molecule has 6 nitrogen and oxygen atoms in total. The summed E-state index contributed by atoms with van der Waals surface area (Å²) in [6, 6.07) is 16.5. The number of aromatic nitrogens is 1. The lowest BCUT2D eigenvalue weighted by molar-refractivity contribution is -0.114. The number of amides is 1. The molecule has 2 aliphatic heterocycles. The summed E-state index contributed by atoms with van der Waals surface area (Å²) in [6.07, 6.45) is 2.60. The first-order valence-corrected chi connectivity index (χ1v) is 11.7. The summed E-state index contributed by atoms with van der Waals surface area (Å²) < 4.78 is 16.4. The van der Waals surface area contributed by atoms with E-state index in [-0.39, 0.29) is 16.6 Å². The second kappa shape index (κ2) is 8.53. The number of hydrogen-bond acceptors (Lipinski definition) is 4. The number of carbonyl (C=O) groups is 1. The maximum atomic E-state index is 14.2. The molecule has 3 aromatic rings. The summed E-state index contributed by atoms with van der Waals surface area (Å²) in [6.45, 7) is 6.14. The van der Waals surface area contributed by atoms with Gasteiger partial charge in [-0.3, -0.25) is 10.2 Å². The Morgan fingerprint density at radius 2 is 1.85 bits per heavy atom. The Labute approximate surface area is 201 Å². The van der Waals surface area contributed by atoms with Crippen molar-refractivity contribution >= 4 is 39.8 Å². The third-order valence-corrected chi connectivity index (χ3v) is 6.88. The highest BCUT2D eigenvalue weighted by atomic mass is 32.2. The van der Waals surface area contributed by atoms with E-state index in [1.807, 2.05) is 32.0 Å². The zero-order valence-corrected chi connectivity index (χ0v) is 19.8. The van der Waals surface area contributed by atoms with Crippen LogP contribution >= 0.6 is 11.8 Å². The van der Waals surface area contributed by atoms with E-state index in [1.165, 1.54) is 16.6 Å². The number of amidine groups is 2. The average Bonchev–Trinajstić information content (AvgIpc) is 3.37. The molecule has 3 heterocycles. The van der Waals surface area contributed by atoms with Crippen LogP contribution in [0.5, 0.6) is 0 Å². The number of benzene rings is 2. The second-order valence-electron chi connectivity index (χ2n) is 8.05. The Morgan fingerprint density at radius 1 is 1.12 bits per heavy atom. The van der Waals surface area contributed by atoms with Gasteiger partial charge in [-0.1, -0.05) is 37.3 Å². The Hall–Kier alpha value is -3.78. The predicted molar refractivity (Wildman–Crippen MR) is 135 cm³/mol. The first-order valence-electron chi connectivity index (χ1n) is 10.9. The largest absolute Gasteiger partial charge is 0.318 e. The highest BCUT2D eigenvalue weighted by Crippen LogP contribution is 2.32. The number of nitrogens with zero attached hydrogens (tertiary/aromatic N) is 4. The van der Waals surface area contributed by atoms with E-state index >= 15 is 0 Å². The maximum Gasteiger partial charge on any atom is 0.283 e. The first kappa shape index (κ1) is 22.0. The van der Waals surface area contributed by atoms with Crippen molar-refractivity contribution in [1.82, 2.24) is 9.58 Å². The molecule has 34 heavy (non-hydrogen) atoms. The molecule has 0 bridgehead atoms. The smallest absolute Gasteiger partial charge is 0.283 e. The van der Waals surface area contributed by atoms with Crippen LogP contribution in [0.1, 0.15) is 35.0 Å². The number of rotatable bonds is 4. The van der Waals surface area contributed by atoms with E-state index in [1.54, 1.807) is 24.3 Å². The van der Waals surface area contributed by atoms with Crippen molar-refractivity contribution in [2.45, 2.75) is 27.2 Å². The van der Waals surface area contributed by atoms with Gasteiger partial charge in [0.2, 0.25) is 5.17 Å². The molecule has 0 saturated heterocycles. The van der Waals surface area contributed by atoms with E-state index < -0.39 is 11.7 Å².